The van der Waals surface area contributed by atoms with E-state index in [1.54, 1.807) is 12.1 Å². The predicted octanol–water partition coefficient (Wildman–Crippen LogP) is 1.47. The Labute approximate surface area is 174 Å². The Hall–Kier alpha value is -1.04. The van der Waals surface area contributed by atoms with E-state index < -0.39 is 20.2 Å². The quantitative estimate of drug-likeness (QED) is 0.685. The van der Waals surface area contributed by atoms with Crippen molar-refractivity contribution in [2.45, 2.75) is 50.7 Å². The van der Waals surface area contributed by atoms with E-state index in [2.05, 4.69) is 13.8 Å². The minimum Gasteiger partial charge on any atom is -0.373 e. The molecule has 164 valence electrons. The van der Waals surface area contributed by atoms with Crippen LogP contribution in [0.3, 0.4) is 0 Å². The molecule has 29 heavy (non-hydrogen) atoms. The summed E-state index contributed by atoms with van der Waals surface area (Å²) in [6.45, 7) is 9.02. The lowest BCUT2D eigenvalue weighted by Gasteiger charge is -2.40. The van der Waals surface area contributed by atoms with Gasteiger partial charge in [0.15, 0.2) is 0 Å². The minimum absolute atomic E-state index is 0.142. The Kier molecular flexibility index (Phi) is 6.72. The van der Waals surface area contributed by atoms with Crippen LogP contribution < -0.4 is 0 Å². The molecule has 2 atom stereocenters. The molecule has 0 aliphatic carbocycles. The van der Waals surface area contributed by atoms with Crippen LogP contribution >= 0.6 is 0 Å². The topological polar surface area (TPSA) is 87.2 Å². The third-order valence-corrected chi connectivity index (χ3v) is 9.30. The highest BCUT2D eigenvalue weighted by molar-refractivity contribution is 7.89. The van der Waals surface area contributed by atoms with Crippen molar-refractivity contribution in [2.75, 3.05) is 39.3 Å². The second-order valence-electron chi connectivity index (χ2n) is 8.11. The van der Waals surface area contributed by atoms with Crippen molar-refractivity contribution in [3.05, 3.63) is 29.8 Å². The van der Waals surface area contributed by atoms with E-state index in [-0.39, 0.29) is 43.3 Å². The number of hydrogen-bond donors (Lipinski definition) is 0. The summed E-state index contributed by atoms with van der Waals surface area (Å²) in [6.07, 6.45) is -0.326. The number of benzene rings is 1. The van der Waals surface area contributed by atoms with Gasteiger partial charge in [0.1, 0.15) is 0 Å². The third-order valence-electron chi connectivity index (χ3n) is 5.42. The monoisotopic (exact) mass is 445 g/mol. The molecule has 0 bridgehead atoms. The number of sulfonamides is 1. The first-order valence-corrected chi connectivity index (χ1v) is 12.9. The summed E-state index contributed by atoms with van der Waals surface area (Å²) in [4.78, 5) is 0.244. The van der Waals surface area contributed by atoms with Gasteiger partial charge in [-0.05, 0) is 37.5 Å². The molecule has 2 saturated heterocycles. The first-order valence-electron chi connectivity index (χ1n) is 10.0. The van der Waals surface area contributed by atoms with Crippen molar-refractivity contribution in [1.29, 1.82) is 0 Å². The number of rotatable bonds is 5. The van der Waals surface area contributed by atoms with E-state index in [0.717, 1.165) is 5.56 Å². The maximum Gasteiger partial charge on any atom is 0.282 e. The van der Waals surface area contributed by atoms with Gasteiger partial charge >= 0.3 is 0 Å². The molecule has 2 aliphatic heterocycles. The van der Waals surface area contributed by atoms with E-state index in [4.69, 9.17) is 4.74 Å². The number of ether oxygens (including phenoxy) is 1. The SMILES string of the molecule is CC(C)c1ccc(S(=O)(=O)N2CCN(S(=O)(=O)N3C[C@H](C)O[C@@H](C)C3)CC2)cc1. The Balaban J connectivity index is 1.67. The van der Waals surface area contributed by atoms with E-state index in [1.165, 1.54) is 12.9 Å². The Morgan fingerprint density at radius 2 is 1.31 bits per heavy atom. The van der Waals surface area contributed by atoms with Gasteiger partial charge in [0, 0.05) is 39.3 Å². The molecule has 0 amide bonds. The highest BCUT2D eigenvalue weighted by Gasteiger charge is 2.38. The van der Waals surface area contributed by atoms with Crippen molar-refractivity contribution in [2.24, 2.45) is 0 Å². The molecule has 2 fully saturated rings. The van der Waals surface area contributed by atoms with Gasteiger partial charge in [-0.3, -0.25) is 0 Å². The molecule has 8 nitrogen and oxygen atoms in total. The van der Waals surface area contributed by atoms with Crippen LogP contribution in [0, 0.1) is 0 Å². The predicted molar refractivity (Wildman–Crippen MR) is 111 cm³/mol. The average Bonchev–Trinajstić information content (AvgIpc) is 2.67. The molecule has 0 saturated carbocycles. The third kappa shape index (κ3) is 4.83. The molecular weight excluding hydrogens is 414 g/mol. The van der Waals surface area contributed by atoms with Gasteiger partial charge in [-0.15, -0.1) is 0 Å². The summed E-state index contributed by atoms with van der Waals surface area (Å²) in [7, 11) is -7.27. The van der Waals surface area contributed by atoms with Crippen molar-refractivity contribution in [3.63, 3.8) is 0 Å². The first kappa shape index (κ1) is 22.6. The van der Waals surface area contributed by atoms with Crippen molar-refractivity contribution in [3.8, 4) is 0 Å². The van der Waals surface area contributed by atoms with Gasteiger partial charge in [0.25, 0.3) is 10.2 Å². The van der Waals surface area contributed by atoms with Crippen LogP contribution in [0.5, 0.6) is 0 Å². The number of hydrogen-bond acceptors (Lipinski definition) is 5. The van der Waals surface area contributed by atoms with Gasteiger partial charge in [-0.1, -0.05) is 26.0 Å². The summed E-state index contributed by atoms with van der Waals surface area (Å²) < 4.78 is 61.7. The van der Waals surface area contributed by atoms with Crippen LogP contribution in [0.2, 0.25) is 0 Å². The summed E-state index contributed by atoms with van der Waals surface area (Å²) in [6, 6.07) is 6.92. The number of nitrogens with zero attached hydrogens (tertiary/aromatic N) is 3. The first-order chi connectivity index (χ1) is 13.5. The van der Waals surface area contributed by atoms with E-state index in [1.807, 2.05) is 26.0 Å². The maximum absolute atomic E-state index is 13.0. The minimum atomic E-state index is -3.64. The number of piperazine rings is 1. The van der Waals surface area contributed by atoms with Gasteiger partial charge in [0.2, 0.25) is 10.0 Å². The maximum atomic E-state index is 13.0. The molecule has 2 heterocycles. The van der Waals surface area contributed by atoms with Crippen LogP contribution in [-0.2, 0) is 25.0 Å². The fraction of sp³-hybridized carbons (Fsp3) is 0.684. The second kappa shape index (κ2) is 8.60. The zero-order valence-corrected chi connectivity index (χ0v) is 19.1. The molecule has 10 heteroatoms. The molecule has 0 unspecified atom stereocenters. The van der Waals surface area contributed by atoms with E-state index >= 15 is 0 Å². The summed E-state index contributed by atoms with van der Waals surface area (Å²) in [5.74, 6) is 0.325. The standard InChI is InChI=1S/C19H31N3O5S2/c1-15(2)18-5-7-19(8-6-18)28(23,24)20-9-11-21(12-10-20)29(25,26)22-13-16(3)27-17(4)14-22/h5-8,15-17H,9-14H2,1-4H3/t16-,17-/m0/s1. The summed E-state index contributed by atoms with van der Waals surface area (Å²) in [5.41, 5.74) is 1.08. The summed E-state index contributed by atoms with van der Waals surface area (Å²) in [5, 5.41) is 0. The van der Waals surface area contributed by atoms with E-state index in [0.29, 0.717) is 19.0 Å². The fourth-order valence-electron chi connectivity index (χ4n) is 3.80. The molecule has 3 rings (SSSR count). The van der Waals surface area contributed by atoms with Crippen molar-refractivity contribution < 1.29 is 21.6 Å². The van der Waals surface area contributed by atoms with Crippen LogP contribution in [0.15, 0.2) is 29.2 Å². The van der Waals surface area contributed by atoms with Crippen molar-refractivity contribution in [1.82, 2.24) is 12.9 Å². The highest BCUT2D eigenvalue weighted by atomic mass is 32.2. The van der Waals surface area contributed by atoms with Crippen molar-refractivity contribution >= 4 is 20.2 Å². The van der Waals surface area contributed by atoms with Gasteiger partial charge in [-0.25, -0.2) is 8.42 Å². The highest BCUT2D eigenvalue weighted by Crippen LogP contribution is 2.23. The van der Waals surface area contributed by atoms with Gasteiger partial charge in [-0.2, -0.15) is 21.3 Å². The molecule has 1 aromatic carbocycles. The fourth-order valence-corrected chi connectivity index (χ4v) is 6.97. The molecule has 0 aromatic heterocycles. The number of morpholine rings is 1. The van der Waals surface area contributed by atoms with Crippen LogP contribution in [0.25, 0.3) is 0 Å². The normalized spacial score (nSPS) is 26.1. The van der Waals surface area contributed by atoms with Crippen LogP contribution in [0.4, 0.5) is 0 Å². The largest absolute Gasteiger partial charge is 0.373 e. The average molecular weight is 446 g/mol. The van der Waals surface area contributed by atoms with E-state index in [9.17, 15) is 16.8 Å². The van der Waals surface area contributed by atoms with Crippen LogP contribution in [0.1, 0.15) is 39.2 Å². The molecule has 0 N–H and O–H groups in total. The molecule has 0 radical (unpaired) electrons. The smallest absolute Gasteiger partial charge is 0.282 e. The molecule has 0 spiro atoms. The lowest BCUT2D eigenvalue weighted by Crippen LogP contribution is -2.57. The lowest BCUT2D eigenvalue weighted by atomic mass is 10.0. The second-order valence-corrected chi connectivity index (χ2v) is 12.0. The summed E-state index contributed by atoms with van der Waals surface area (Å²) >= 11 is 0. The molecular formula is C19H31N3O5S2. The van der Waals surface area contributed by atoms with Crippen LogP contribution in [-0.4, -0.2) is 81.2 Å². The Bertz CT molecular complexity index is 898. The lowest BCUT2D eigenvalue weighted by molar-refractivity contribution is -0.0456. The molecule has 1 aromatic rings. The Morgan fingerprint density at radius 1 is 0.828 bits per heavy atom. The molecule has 2 aliphatic rings. The Morgan fingerprint density at radius 3 is 1.79 bits per heavy atom. The zero-order chi connectivity index (χ0) is 21.4. The van der Waals surface area contributed by atoms with Gasteiger partial charge in [0.05, 0.1) is 17.1 Å². The van der Waals surface area contributed by atoms with Gasteiger partial charge < -0.3 is 4.74 Å². The zero-order valence-electron chi connectivity index (χ0n) is 17.5.